The number of nitrogens with one attached hydrogen (secondary N) is 1. The molecule has 12 heavy (non-hydrogen) atoms. The fourth-order valence-corrected chi connectivity index (χ4v) is 1.81. The molecule has 2 rings (SSSR count). The highest BCUT2D eigenvalue weighted by Gasteiger charge is 2.23. The number of quaternary nitrogens is 1. The van der Waals surface area contributed by atoms with Crippen LogP contribution in [0.25, 0.3) is 0 Å². The molecule has 3 nitrogen and oxygen atoms in total. The van der Waals surface area contributed by atoms with Crippen molar-refractivity contribution in [3.8, 4) is 0 Å². The van der Waals surface area contributed by atoms with Crippen molar-refractivity contribution in [3.63, 3.8) is 0 Å². The van der Waals surface area contributed by atoms with E-state index in [-0.39, 0.29) is 11.1 Å². The SMILES string of the molecule is [O-][NH+](c1ccco1)C1CCCC1. The molecular weight excluding hydrogens is 154 g/mol. The first-order valence-corrected chi connectivity index (χ1v) is 4.45. The molecule has 1 atom stereocenters. The van der Waals surface area contributed by atoms with E-state index in [1.54, 1.807) is 18.4 Å². The summed E-state index contributed by atoms with van der Waals surface area (Å²) in [4.78, 5) is 0. The van der Waals surface area contributed by atoms with E-state index >= 15 is 0 Å². The Bertz CT molecular complexity index is 227. The Hall–Kier alpha value is -0.800. The highest BCUT2D eigenvalue weighted by molar-refractivity contribution is 5.12. The number of hydrogen-bond donors (Lipinski definition) is 1. The average molecular weight is 167 g/mol. The second kappa shape index (κ2) is 3.29. The van der Waals surface area contributed by atoms with Gasteiger partial charge in [0.25, 0.3) is 5.88 Å². The molecule has 0 saturated heterocycles. The quantitative estimate of drug-likeness (QED) is 0.673. The van der Waals surface area contributed by atoms with Crippen LogP contribution in [0.1, 0.15) is 25.7 Å². The summed E-state index contributed by atoms with van der Waals surface area (Å²) in [6.07, 6.45) is 6.02. The Balaban J connectivity index is 2.04. The fourth-order valence-electron chi connectivity index (χ4n) is 1.81. The molecule has 0 spiro atoms. The predicted molar refractivity (Wildman–Crippen MR) is 45.0 cm³/mol. The van der Waals surface area contributed by atoms with Crippen LogP contribution in [-0.2, 0) is 0 Å². The zero-order valence-corrected chi connectivity index (χ0v) is 6.95. The lowest BCUT2D eigenvalue weighted by Gasteiger charge is -2.24. The summed E-state index contributed by atoms with van der Waals surface area (Å²) < 4.78 is 5.06. The van der Waals surface area contributed by atoms with E-state index in [1.165, 1.54) is 12.8 Å². The number of hydrogen-bond acceptors (Lipinski definition) is 2. The maximum absolute atomic E-state index is 11.6. The van der Waals surface area contributed by atoms with Crippen LogP contribution in [0.15, 0.2) is 22.8 Å². The van der Waals surface area contributed by atoms with Crippen molar-refractivity contribution in [1.82, 2.24) is 0 Å². The van der Waals surface area contributed by atoms with E-state index in [2.05, 4.69) is 0 Å². The lowest BCUT2D eigenvalue weighted by molar-refractivity contribution is -0.814. The second-order valence-electron chi connectivity index (χ2n) is 3.32. The van der Waals surface area contributed by atoms with Crippen LogP contribution in [-0.4, -0.2) is 6.04 Å². The van der Waals surface area contributed by atoms with E-state index in [0.29, 0.717) is 5.88 Å². The van der Waals surface area contributed by atoms with Crippen LogP contribution in [0.3, 0.4) is 0 Å². The summed E-state index contributed by atoms with van der Waals surface area (Å²) >= 11 is 0. The summed E-state index contributed by atoms with van der Waals surface area (Å²) in [5.41, 5.74) is 0. The minimum atomic E-state index is 0.192. The summed E-state index contributed by atoms with van der Waals surface area (Å²) in [5, 5.41) is 11.8. The third-order valence-corrected chi connectivity index (χ3v) is 2.49. The average Bonchev–Trinajstić information content (AvgIpc) is 2.77. The molecule has 1 aliphatic rings. The van der Waals surface area contributed by atoms with Crippen molar-refractivity contribution in [1.29, 1.82) is 0 Å². The minimum absolute atomic E-state index is 0.192. The van der Waals surface area contributed by atoms with E-state index in [4.69, 9.17) is 4.42 Å². The van der Waals surface area contributed by atoms with E-state index in [1.807, 2.05) is 0 Å². The first-order chi connectivity index (χ1) is 5.88. The fraction of sp³-hybridized carbons (Fsp3) is 0.556. The Kier molecular flexibility index (Phi) is 2.15. The van der Waals surface area contributed by atoms with Crippen LogP contribution in [0.4, 0.5) is 5.88 Å². The molecule has 1 aromatic rings. The van der Waals surface area contributed by atoms with Gasteiger partial charge in [-0.3, -0.25) is 0 Å². The van der Waals surface area contributed by atoms with Gasteiger partial charge in [0.2, 0.25) is 0 Å². The van der Waals surface area contributed by atoms with Crippen molar-refractivity contribution in [2.24, 2.45) is 0 Å². The number of rotatable bonds is 2. The molecule has 1 aliphatic carbocycles. The van der Waals surface area contributed by atoms with E-state index in [9.17, 15) is 5.21 Å². The normalized spacial score (nSPS) is 21.4. The molecule has 1 aromatic heterocycles. The highest BCUT2D eigenvalue weighted by atomic mass is 16.5. The first kappa shape index (κ1) is 7.83. The zero-order valence-electron chi connectivity index (χ0n) is 6.95. The van der Waals surface area contributed by atoms with Gasteiger partial charge in [0.15, 0.2) is 0 Å². The molecule has 66 valence electrons. The second-order valence-corrected chi connectivity index (χ2v) is 3.32. The summed E-state index contributed by atoms with van der Waals surface area (Å²) in [5.74, 6) is 0.530. The lowest BCUT2D eigenvalue weighted by Crippen LogP contribution is -3.06. The molecule has 0 aliphatic heterocycles. The molecule has 1 saturated carbocycles. The van der Waals surface area contributed by atoms with Gasteiger partial charge in [-0.05, 0) is 18.9 Å². The van der Waals surface area contributed by atoms with Crippen LogP contribution < -0.4 is 5.06 Å². The third-order valence-electron chi connectivity index (χ3n) is 2.49. The van der Waals surface area contributed by atoms with Crippen molar-refractivity contribution in [2.75, 3.05) is 0 Å². The summed E-state index contributed by atoms with van der Waals surface area (Å²) in [7, 11) is 0. The molecule has 1 N–H and O–H groups in total. The third kappa shape index (κ3) is 1.38. The largest absolute Gasteiger partial charge is 0.626 e. The van der Waals surface area contributed by atoms with Gasteiger partial charge in [-0.15, -0.1) is 0 Å². The van der Waals surface area contributed by atoms with Crippen LogP contribution in [0, 0.1) is 5.21 Å². The Morgan fingerprint density at radius 3 is 2.75 bits per heavy atom. The van der Waals surface area contributed by atoms with Gasteiger partial charge >= 0.3 is 0 Å². The standard InChI is InChI=1S/C9H13NO2/c11-10(8-4-1-2-5-8)9-6-3-7-12-9/h3,6-8,10H,1-2,4-5H2. The van der Waals surface area contributed by atoms with Crippen molar-refractivity contribution in [3.05, 3.63) is 23.6 Å². The molecule has 1 heterocycles. The van der Waals surface area contributed by atoms with Gasteiger partial charge < -0.3 is 14.7 Å². The number of furan rings is 1. The Labute approximate surface area is 71.6 Å². The maximum atomic E-state index is 11.6. The molecule has 1 fully saturated rings. The topological polar surface area (TPSA) is 40.6 Å². The molecule has 0 radical (unpaired) electrons. The maximum Gasteiger partial charge on any atom is 0.295 e. The highest BCUT2D eigenvalue weighted by Crippen LogP contribution is 2.17. The monoisotopic (exact) mass is 167 g/mol. The van der Waals surface area contributed by atoms with Crippen molar-refractivity contribution >= 4 is 5.88 Å². The van der Waals surface area contributed by atoms with E-state index in [0.717, 1.165) is 12.8 Å². The predicted octanol–water partition coefficient (Wildman–Crippen LogP) is 1.24. The molecule has 1 unspecified atom stereocenters. The van der Waals surface area contributed by atoms with Crippen LogP contribution >= 0.6 is 0 Å². The summed E-state index contributed by atoms with van der Waals surface area (Å²) in [6.45, 7) is 0. The smallest absolute Gasteiger partial charge is 0.295 e. The summed E-state index contributed by atoms with van der Waals surface area (Å²) in [6, 6.07) is 3.75. The minimum Gasteiger partial charge on any atom is -0.626 e. The zero-order chi connectivity index (χ0) is 8.39. The Morgan fingerprint density at radius 2 is 2.17 bits per heavy atom. The van der Waals surface area contributed by atoms with Crippen LogP contribution in [0.2, 0.25) is 0 Å². The van der Waals surface area contributed by atoms with Gasteiger partial charge in [0.05, 0.1) is 12.3 Å². The van der Waals surface area contributed by atoms with Gasteiger partial charge in [0, 0.05) is 18.9 Å². The lowest BCUT2D eigenvalue weighted by atomic mass is 10.2. The molecule has 0 amide bonds. The molecular formula is C9H13NO2. The molecule has 3 heteroatoms. The van der Waals surface area contributed by atoms with E-state index < -0.39 is 0 Å². The van der Waals surface area contributed by atoms with Gasteiger partial charge in [-0.1, -0.05) is 0 Å². The van der Waals surface area contributed by atoms with Crippen LogP contribution in [0.5, 0.6) is 0 Å². The first-order valence-electron chi connectivity index (χ1n) is 4.45. The number of hydroxylamine groups is 1. The van der Waals surface area contributed by atoms with Crippen molar-refractivity contribution < 1.29 is 9.48 Å². The van der Waals surface area contributed by atoms with Crippen molar-refractivity contribution in [2.45, 2.75) is 31.7 Å². The molecule has 0 aromatic carbocycles. The molecule has 0 bridgehead atoms. The Morgan fingerprint density at radius 1 is 1.42 bits per heavy atom. The van der Waals surface area contributed by atoms with Gasteiger partial charge in [-0.2, -0.15) is 0 Å². The van der Waals surface area contributed by atoms with Gasteiger partial charge in [0.1, 0.15) is 0 Å². The van der Waals surface area contributed by atoms with Gasteiger partial charge in [-0.25, -0.2) is 0 Å².